The zero-order chi connectivity index (χ0) is 20.3. The van der Waals surface area contributed by atoms with Gasteiger partial charge in [0.2, 0.25) is 0 Å². The van der Waals surface area contributed by atoms with E-state index in [0.29, 0.717) is 4.57 Å². The van der Waals surface area contributed by atoms with E-state index in [9.17, 15) is 28.9 Å². The summed E-state index contributed by atoms with van der Waals surface area (Å²) in [5.41, 5.74) is -2.16. The fraction of sp³-hybridized carbons (Fsp3) is 0.0556. The van der Waals surface area contributed by atoms with Gasteiger partial charge < -0.3 is 10.3 Å². The van der Waals surface area contributed by atoms with Crippen LogP contribution in [0.15, 0.2) is 64.3 Å². The molecule has 1 heterocycles. The molecule has 0 aliphatic carbocycles. The summed E-state index contributed by atoms with van der Waals surface area (Å²) >= 11 is 0. The van der Waals surface area contributed by atoms with Gasteiger partial charge in [0.1, 0.15) is 11.4 Å². The summed E-state index contributed by atoms with van der Waals surface area (Å²) in [5.74, 6) is -1.47. The first-order valence-electron chi connectivity index (χ1n) is 7.98. The Hall–Kier alpha value is -4.08. The van der Waals surface area contributed by atoms with Crippen molar-refractivity contribution >= 4 is 17.3 Å². The normalized spacial score (nSPS) is 10.5. The molecule has 0 spiro atoms. The molecule has 0 aliphatic heterocycles. The van der Waals surface area contributed by atoms with Crippen molar-refractivity contribution in [1.29, 1.82) is 0 Å². The molecule has 142 valence electrons. The summed E-state index contributed by atoms with van der Waals surface area (Å²) in [5, 5.41) is 13.2. The molecule has 0 radical (unpaired) electrons. The van der Waals surface area contributed by atoms with E-state index in [0.717, 1.165) is 12.3 Å². The maximum absolute atomic E-state index is 13.8. The molecule has 0 aliphatic rings. The van der Waals surface area contributed by atoms with Gasteiger partial charge >= 0.3 is 5.69 Å². The number of aromatic amines is 1. The number of anilines is 1. The van der Waals surface area contributed by atoms with Crippen molar-refractivity contribution in [1.82, 2.24) is 9.55 Å². The third-order valence-corrected chi connectivity index (χ3v) is 3.91. The molecular weight excluding hydrogens is 371 g/mol. The monoisotopic (exact) mass is 384 g/mol. The first-order valence-corrected chi connectivity index (χ1v) is 7.98. The molecule has 1 aromatic heterocycles. The lowest BCUT2D eigenvalue weighted by atomic mass is 10.2. The molecule has 0 fully saturated rings. The van der Waals surface area contributed by atoms with Crippen molar-refractivity contribution in [3.05, 3.63) is 103 Å². The highest BCUT2D eigenvalue weighted by Crippen LogP contribution is 2.17. The number of H-pyrrole nitrogens is 1. The lowest BCUT2D eigenvalue weighted by Gasteiger charge is -2.09. The molecule has 0 atom stereocenters. The van der Waals surface area contributed by atoms with Crippen LogP contribution in [0.3, 0.4) is 0 Å². The molecule has 0 unspecified atom stereocenters. The minimum absolute atomic E-state index is 0.102. The molecule has 1 amide bonds. The predicted molar refractivity (Wildman–Crippen MR) is 97.9 cm³/mol. The fourth-order valence-corrected chi connectivity index (χ4v) is 2.51. The number of carbonyl (C=O) groups is 1. The number of carbonyl (C=O) groups excluding carboxylic acids is 1. The average molecular weight is 384 g/mol. The van der Waals surface area contributed by atoms with E-state index in [1.54, 1.807) is 6.07 Å². The quantitative estimate of drug-likeness (QED) is 0.513. The van der Waals surface area contributed by atoms with Crippen LogP contribution >= 0.6 is 0 Å². The Morgan fingerprint density at radius 2 is 1.93 bits per heavy atom. The molecule has 2 N–H and O–H groups in total. The zero-order valence-corrected chi connectivity index (χ0v) is 14.2. The molecule has 28 heavy (non-hydrogen) atoms. The molecule has 0 saturated heterocycles. The van der Waals surface area contributed by atoms with Crippen molar-refractivity contribution in [3.63, 3.8) is 0 Å². The Balaban J connectivity index is 1.93. The summed E-state index contributed by atoms with van der Waals surface area (Å²) in [6.45, 7) is -0.362. The molecule has 0 bridgehead atoms. The SMILES string of the molecule is O=C(Nc1cccc([N+](=O)[O-])c1)c1c[nH]c(=O)n(Cc2ccccc2F)c1=O. The van der Waals surface area contributed by atoms with Crippen LogP contribution in [0, 0.1) is 15.9 Å². The Bertz CT molecular complexity index is 1180. The van der Waals surface area contributed by atoms with Crippen LogP contribution in [0.4, 0.5) is 15.8 Å². The number of hydrogen-bond acceptors (Lipinski definition) is 5. The first kappa shape index (κ1) is 18.7. The topological polar surface area (TPSA) is 127 Å². The number of nitrogens with one attached hydrogen (secondary N) is 2. The second-order valence-electron chi connectivity index (χ2n) is 5.75. The summed E-state index contributed by atoms with van der Waals surface area (Å²) in [4.78, 5) is 49.4. The van der Waals surface area contributed by atoms with Crippen molar-refractivity contribution in [2.24, 2.45) is 0 Å². The minimum Gasteiger partial charge on any atom is -0.322 e. The molecule has 2 aromatic carbocycles. The van der Waals surface area contributed by atoms with Crippen LogP contribution in [0.2, 0.25) is 0 Å². The Kier molecular flexibility index (Phi) is 5.12. The number of nitro benzene ring substituents is 1. The number of nitrogens with zero attached hydrogens (tertiary/aromatic N) is 2. The van der Waals surface area contributed by atoms with Crippen LogP contribution in [0.1, 0.15) is 15.9 Å². The number of hydrogen-bond donors (Lipinski definition) is 2. The van der Waals surface area contributed by atoms with Crippen LogP contribution in [-0.2, 0) is 6.54 Å². The zero-order valence-electron chi connectivity index (χ0n) is 14.2. The predicted octanol–water partition coefficient (Wildman–Crippen LogP) is 1.88. The van der Waals surface area contributed by atoms with Gasteiger partial charge in [0, 0.05) is 29.6 Å². The van der Waals surface area contributed by atoms with E-state index in [1.807, 2.05) is 0 Å². The van der Waals surface area contributed by atoms with E-state index in [2.05, 4.69) is 10.3 Å². The lowest BCUT2D eigenvalue weighted by molar-refractivity contribution is -0.384. The van der Waals surface area contributed by atoms with Crippen molar-refractivity contribution in [3.8, 4) is 0 Å². The van der Waals surface area contributed by atoms with Crippen molar-refractivity contribution in [2.75, 3.05) is 5.32 Å². The van der Waals surface area contributed by atoms with Crippen molar-refractivity contribution in [2.45, 2.75) is 6.54 Å². The van der Waals surface area contributed by atoms with E-state index in [1.165, 1.54) is 36.4 Å². The van der Waals surface area contributed by atoms with Gasteiger partial charge in [0.15, 0.2) is 0 Å². The van der Waals surface area contributed by atoms with Gasteiger partial charge in [-0.15, -0.1) is 0 Å². The van der Waals surface area contributed by atoms with E-state index < -0.39 is 33.5 Å². The molecule has 9 nitrogen and oxygen atoms in total. The highest BCUT2D eigenvalue weighted by atomic mass is 19.1. The number of aromatic nitrogens is 2. The number of benzene rings is 2. The molecular formula is C18H13FN4O5. The van der Waals surface area contributed by atoms with Crippen LogP contribution in [0.25, 0.3) is 0 Å². The number of rotatable bonds is 5. The van der Waals surface area contributed by atoms with Crippen molar-refractivity contribution < 1.29 is 14.1 Å². The number of amides is 1. The van der Waals surface area contributed by atoms with Crippen LogP contribution < -0.4 is 16.6 Å². The van der Waals surface area contributed by atoms with Gasteiger partial charge in [0.05, 0.1) is 11.5 Å². The van der Waals surface area contributed by atoms with Gasteiger partial charge in [-0.1, -0.05) is 24.3 Å². The van der Waals surface area contributed by atoms with Crippen LogP contribution in [-0.4, -0.2) is 20.4 Å². The number of non-ortho nitro benzene ring substituents is 1. The summed E-state index contributed by atoms with van der Waals surface area (Å²) < 4.78 is 14.5. The highest BCUT2D eigenvalue weighted by molar-refractivity contribution is 6.03. The molecule has 3 aromatic rings. The third-order valence-electron chi connectivity index (χ3n) is 3.91. The standard InChI is InChI=1S/C18H13FN4O5/c19-15-7-2-1-4-11(15)10-22-17(25)14(9-20-18(22)26)16(24)21-12-5-3-6-13(8-12)23(27)28/h1-9H,10H2,(H,20,26)(H,21,24). The Morgan fingerprint density at radius 3 is 2.64 bits per heavy atom. The van der Waals surface area contributed by atoms with Gasteiger partial charge in [0.25, 0.3) is 17.2 Å². The Labute approximate surface area is 156 Å². The second kappa shape index (κ2) is 7.66. The maximum Gasteiger partial charge on any atom is 0.328 e. The fourth-order valence-electron chi connectivity index (χ4n) is 2.51. The third kappa shape index (κ3) is 3.85. The van der Waals surface area contributed by atoms with Gasteiger partial charge in [-0.25, -0.2) is 9.18 Å². The van der Waals surface area contributed by atoms with Crippen LogP contribution in [0.5, 0.6) is 0 Å². The Morgan fingerprint density at radius 1 is 1.18 bits per heavy atom. The second-order valence-corrected chi connectivity index (χ2v) is 5.75. The molecule has 3 rings (SSSR count). The summed E-state index contributed by atoms with van der Waals surface area (Å²) in [7, 11) is 0. The van der Waals surface area contributed by atoms with E-state index in [-0.39, 0.29) is 23.5 Å². The number of halogens is 1. The van der Waals surface area contributed by atoms with E-state index in [4.69, 9.17) is 0 Å². The van der Waals surface area contributed by atoms with Gasteiger partial charge in [-0.05, 0) is 12.1 Å². The van der Waals surface area contributed by atoms with Gasteiger partial charge in [-0.2, -0.15) is 0 Å². The largest absolute Gasteiger partial charge is 0.328 e. The highest BCUT2D eigenvalue weighted by Gasteiger charge is 2.17. The molecule has 10 heteroatoms. The maximum atomic E-state index is 13.8. The van der Waals surface area contributed by atoms with E-state index >= 15 is 0 Å². The average Bonchev–Trinajstić information content (AvgIpc) is 2.66. The minimum atomic E-state index is -0.921. The smallest absolute Gasteiger partial charge is 0.322 e. The van der Waals surface area contributed by atoms with Gasteiger partial charge in [-0.3, -0.25) is 24.3 Å². The molecule has 0 saturated carbocycles. The summed E-state index contributed by atoms with van der Waals surface area (Å²) in [6.07, 6.45) is 0.940. The summed E-state index contributed by atoms with van der Waals surface area (Å²) in [6, 6.07) is 10.8. The first-order chi connectivity index (χ1) is 13.4. The lowest BCUT2D eigenvalue weighted by Crippen LogP contribution is -2.39. The number of nitro groups is 1.